The van der Waals surface area contributed by atoms with Gasteiger partial charge >= 0.3 is 5.97 Å². The summed E-state index contributed by atoms with van der Waals surface area (Å²) in [6.07, 6.45) is 3.80. The zero-order valence-corrected chi connectivity index (χ0v) is 22.3. The molecule has 9 nitrogen and oxygen atoms in total. The minimum absolute atomic E-state index is 0.113. The van der Waals surface area contributed by atoms with Crippen LogP contribution in [0.3, 0.4) is 0 Å². The van der Waals surface area contributed by atoms with E-state index in [4.69, 9.17) is 9.72 Å². The number of carbonyl (C=O) groups excluding carboxylic acids is 1. The Morgan fingerprint density at radius 1 is 1.18 bits per heavy atom. The Labute approximate surface area is 220 Å². The molecule has 0 amide bonds. The molecule has 0 N–H and O–H groups in total. The highest BCUT2D eigenvalue weighted by Crippen LogP contribution is 2.32. The van der Waals surface area contributed by atoms with E-state index in [0.717, 1.165) is 35.4 Å². The molecule has 4 heterocycles. The Balaban J connectivity index is 1.60. The van der Waals surface area contributed by atoms with Crippen molar-refractivity contribution in [2.75, 3.05) is 20.2 Å². The maximum atomic E-state index is 14.4. The molecule has 1 atom stereocenters. The normalized spacial score (nSPS) is 17.5. The van der Waals surface area contributed by atoms with Crippen molar-refractivity contribution in [1.82, 2.24) is 29.4 Å². The second kappa shape index (κ2) is 11.5. The Morgan fingerprint density at radius 3 is 2.68 bits per heavy atom. The van der Waals surface area contributed by atoms with Gasteiger partial charge in [-0.15, -0.1) is 5.10 Å². The topological polar surface area (TPSA) is 95.1 Å². The largest absolute Gasteiger partial charge is 0.469 e. The van der Waals surface area contributed by atoms with Gasteiger partial charge in [-0.1, -0.05) is 37.6 Å². The zero-order valence-electron chi connectivity index (χ0n) is 22.3. The van der Waals surface area contributed by atoms with Crippen LogP contribution in [0.2, 0.25) is 0 Å². The summed E-state index contributed by atoms with van der Waals surface area (Å²) in [7, 11) is 2.99. The van der Waals surface area contributed by atoms with Crippen LogP contribution in [-0.2, 0) is 42.5 Å². The standard InChI is InChI=1S/C27H34F2N6O3/c1-5-7-18-8-11-24(36)35(13-18)16-23-25(31-32-33(23)3)22-10-9-19(21(6-2)30-22)14-34-15-20(26(37)38-4)12-27(28,29)17-34/h8-11,13,20H,5-7,12,14-17H2,1-4H3. The van der Waals surface area contributed by atoms with E-state index in [9.17, 15) is 18.4 Å². The van der Waals surface area contributed by atoms with Crippen LogP contribution < -0.4 is 5.56 Å². The van der Waals surface area contributed by atoms with Gasteiger partial charge in [-0.25, -0.2) is 13.5 Å². The monoisotopic (exact) mass is 528 g/mol. The Hall–Kier alpha value is -3.47. The quantitative estimate of drug-likeness (QED) is 0.394. The third kappa shape index (κ3) is 6.15. The summed E-state index contributed by atoms with van der Waals surface area (Å²) in [5, 5.41) is 8.50. The summed E-state index contributed by atoms with van der Waals surface area (Å²) < 4.78 is 36.8. The minimum atomic E-state index is -2.97. The number of rotatable bonds is 9. The first-order valence-corrected chi connectivity index (χ1v) is 12.9. The number of likely N-dealkylation sites (tertiary alicyclic amines) is 1. The summed E-state index contributed by atoms with van der Waals surface area (Å²) in [5.41, 5.74) is 4.44. The maximum absolute atomic E-state index is 14.4. The number of aryl methyl sites for hydroxylation is 3. The highest BCUT2D eigenvalue weighted by Gasteiger charge is 2.43. The zero-order chi connectivity index (χ0) is 27.4. The molecule has 1 fully saturated rings. The van der Waals surface area contributed by atoms with E-state index in [1.165, 1.54) is 7.11 Å². The summed E-state index contributed by atoms with van der Waals surface area (Å²) in [5.74, 6) is -4.46. The van der Waals surface area contributed by atoms with E-state index in [1.807, 2.05) is 25.3 Å². The molecule has 0 spiro atoms. The van der Waals surface area contributed by atoms with Crippen LogP contribution in [0.5, 0.6) is 0 Å². The molecule has 1 aliphatic rings. The van der Waals surface area contributed by atoms with Crippen LogP contribution in [-0.4, -0.2) is 61.5 Å². The molecule has 0 saturated carbocycles. The number of halogens is 2. The Kier molecular flexibility index (Phi) is 8.35. The predicted molar refractivity (Wildman–Crippen MR) is 138 cm³/mol. The lowest BCUT2D eigenvalue weighted by Gasteiger charge is -2.36. The second-order valence-electron chi connectivity index (χ2n) is 9.87. The van der Waals surface area contributed by atoms with Gasteiger partial charge in [0.1, 0.15) is 5.69 Å². The second-order valence-corrected chi connectivity index (χ2v) is 9.87. The lowest BCUT2D eigenvalue weighted by molar-refractivity contribution is -0.157. The van der Waals surface area contributed by atoms with Crippen LogP contribution in [0.4, 0.5) is 8.78 Å². The molecule has 1 aliphatic heterocycles. The first-order chi connectivity index (χ1) is 18.1. The van der Waals surface area contributed by atoms with E-state index in [1.54, 1.807) is 33.3 Å². The van der Waals surface area contributed by atoms with Crippen molar-refractivity contribution in [3.05, 3.63) is 63.3 Å². The van der Waals surface area contributed by atoms with Crippen molar-refractivity contribution in [2.24, 2.45) is 13.0 Å². The maximum Gasteiger partial charge on any atom is 0.310 e. The lowest BCUT2D eigenvalue weighted by Crippen LogP contribution is -2.49. The number of hydrogen-bond donors (Lipinski definition) is 0. The molecule has 1 unspecified atom stereocenters. The molecule has 0 aromatic carbocycles. The number of methoxy groups -OCH3 is 1. The Bertz CT molecular complexity index is 1350. The average molecular weight is 529 g/mol. The van der Waals surface area contributed by atoms with Crippen molar-refractivity contribution in [2.45, 2.75) is 58.5 Å². The third-order valence-corrected chi connectivity index (χ3v) is 6.90. The van der Waals surface area contributed by atoms with Gasteiger partial charge in [-0.2, -0.15) is 0 Å². The van der Waals surface area contributed by atoms with Gasteiger partial charge < -0.3 is 9.30 Å². The molecule has 204 valence electrons. The van der Waals surface area contributed by atoms with Gasteiger partial charge in [0.2, 0.25) is 0 Å². The lowest BCUT2D eigenvalue weighted by atomic mass is 9.94. The van der Waals surface area contributed by atoms with E-state index >= 15 is 0 Å². The number of pyridine rings is 2. The van der Waals surface area contributed by atoms with Gasteiger partial charge in [0, 0.05) is 44.5 Å². The number of nitrogens with zero attached hydrogens (tertiary/aromatic N) is 6. The Morgan fingerprint density at radius 2 is 1.97 bits per heavy atom. The molecule has 1 saturated heterocycles. The van der Waals surface area contributed by atoms with Crippen molar-refractivity contribution < 1.29 is 18.3 Å². The highest BCUT2D eigenvalue weighted by atomic mass is 19.3. The van der Waals surface area contributed by atoms with Crippen LogP contribution in [0.1, 0.15) is 49.2 Å². The predicted octanol–water partition coefficient (Wildman–Crippen LogP) is 3.23. The van der Waals surface area contributed by atoms with E-state index < -0.39 is 30.8 Å². The van der Waals surface area contributed by atoms with Crippen molar-refractivity contribution in [3.63, 3.8) is 0 Å². The number of piperidine rings is 1. The average Bonchev–Trinajstić information content (AvgIpc) is 3.24. The molecule has 4 rings (SSSR count). The van der Waals surface area contributed by atoms with Gasteiger partial charge in [0.25, 0.3) is 11.5 Å². The smallest absolute Gasteiger partial charge is 0.310 e. The number of aromatic nitrogens is 5. The molecule has 38 heavy (non-hydrogen) atoms. The number of hydrogen-bond acceptors (Lipinski definition) is 7. The number of alkyl halides is 2. The van der Waals surface area contributed by atoms with Gasteiger partial charge in [-0.3, -0.25) is 19.5 Å². The van der Waals surface area contributed by atoms with E-state index in [-0.39, 0.29) is 25.2 Å². The van der Waals surface area contributed by atoms with Crippen LogP contribution in [0.25, 0.3) is 11.4 Å². The number of esters is 1. The number of ether oxygens (including phenoxy) is 1. The summed E-state index contributed by atoms with van der Waals surface area (Å²) >= 11 is 0. The first-order valence-electron chi connectivity index (χ1n) is 12.9. The summed E-state index contributed by atoms with van der Waals surface area (Å²) in [6, 6.07) is 7.10. The molecule has 3 aromatic rings. The van der Waals surface area contributed by atoms with Crippen LogP contribution in [0.15, 0.2) is 35.3 Å². The molecule has 3 aromatic heterocycles. The molecular formula is C27H34F2N6O3. The van der Waals surface area contributed by atoms with Crippen molar-refractivity contribution in [1.29, 1.82) is 0 Å². The van der Waals surface area contributed by atoms with E-state index in [2.05, 4.69) is 17.2 Å². The molecule has 0 radical (unpaired) electrons. The fourth-order valence-corrected chi connectivity index (χ4v) is 5.05. The van der Waals surface area contributed by atoms with Gasteiger partial charge in [-0.05, 0) is 30.0 Å². The molecule has 0 aliphatic carbocycles. The fraction of sp³-hybridized carbons (Fsp3) is 0.519. The fourth-order valence-electron chi connectivity index (χ4n) is 5.05. The van der Waals surface area contributed by atoms with Crippen LogP contribution >= 0.6 is 0 Å². The SMILES string of the molecule is CCCc1ccc(=O)n(Cc2c(-c3ccc(CN4CC(C(=O)OC)CC(F)(F)C4)c(CC)n3)nnn2C)c1. The molecule has 0 bridgehead atoms. The van der Waals surface area contributed by atoms with Gasteiger partial charge in [0.05, 0.1) is 37.5 Å². The van der Waals surface area contributed by atoms with E-state index in [0.29, 0.717) is 17.8 Å². The number of carbonyl (C=O) groups is 1. The van der Waals surface area contributed by atoms with Crippen molar-refractivity contribution >= 4 is 5.97 Å². The third-order valence-electron chi connectivity index (χ3n) is 6.90. The summed E-state index contributed by atoms with van der Waals surface area (Å²) in [4.78, 5) is 30.9. The van der Waals surface area contributed by atoms with Gasteiger partial charge in [0.15, 0.2) is 0 Å². The highest BCUT2D eigenvalue weighted by molar-refractivity contribution is 5.72. The summed E-state index contributed by atoms with van der Waals surface area (Å²) in [6.45, 7) is 4.35. The molecular weight excluding hydrogens is 494 g/mol. The van der Waals surface area contributed by atoms with Crippen LogP contribution in [0, 0.1) is 5.92 Å². The minimum Gasteiger partial charge on any atom is -0.469 e. The van der Waals surface area contributed by atoms with Crippen molar-refractivity contribution in [3.8, 4) is 11.4 Å². The first kappa shape index (κ1) is 27.6. The molecule has 11 heteroatoms.